The Morgan fingerprint density at radius 1 is 1.35 bits per heavy atom. The molecular weight excluding hydrogens is 282 g/mol. The number of imidazole rings is 1. The Morgan fingerprint density at radius 2 is 2.15 bits per heavy atom. The highest BCUT2D eigenvalue weighted by Gasteiger charge is 2.14. The van der Waals surface area contributed by atoms with Gasteiger partial charge in [0.05, 0.1) is 26.4 Å². The summed E-state index contributed by atoms with van der Waals surface area (Å²) >= 11 is 1.01. The van der Waals surface area contributed by atoms with Crippen molar-refractivity contribution in [2.45, 2.75) is 0 Å². The molecule has 2 heterocycles. The summed E-state index contributed by atoms with van der Waals surface area (Å²) < 4.78 is 0. The van der Waals surface area contributed by atoms with Gasteiger partial charge >= 0.3 is 11.0 Å². The molecule has 0 bridgehead atoms. The zero-order valence-electron chi connectivity index (χ0n) is 9.86. The van der Waals surface area contributed by atoms with Gasteiger partial charge in [0.1, 0.15) is 5.82 Å². The number of rotatable bonds is 3. The fourth-order valence-electron chi connectivity index (χ4n) is 1.81. The third kappa shape index (κ3) is 2.01. The second-order valence-electron chi connectivity index (χ2n) is 4.02. The minimum Gasteiger partial charge on any atom is -0.478 e. The van der Waals surface area contributed by atoms with E-state index in [1.54, 1.807) is 12.1 Å². The quantitative estimate of drug-likeness (QED) is 0.569. The normalized spacial score (nSPS) is 10.8. The number of aromatic nitrogens is 2. The first-order valence-electron chi connectivity index (χ1n) is 5.52. The number of thiophene rings is 1. The van der Waals surface area contributed by atoms with Gasteiger partial charge in [0.2, 0.25) is 0 Å². The van der Waals surface area contributed by atoms with E-state index in [0.29, 0.717) is 21.7 Å². The first kappa shape index (κ1) is 12.3. The average Bonchev–Trinajstić information content (AvgIpc) is 3.04. The second-order valence-corrected chi connectivity index (χ2v) is 5.08. The Kier molecular flexibility index (Phi) is 2.72. The van der Waals surface area contributed by atoms with Gasteiger partial charge in [-0.15, -0.1) is 0 Å². The van der Waals surface area contributed by atoms with E-state index in [0.717, 1.165) is 11.3 Å². The van der Waals surface area contributed by atoms with Crippen LogP contribution >= 0.6 is 11.3 Å². The van der Waals surface area contributed by atoms with Crippen LogP contribution in [0.5, 0.6) is 0 Å². The number of hydrogen-bond donors (Lipinski definition) is 2. The number of aromatic carboxylic acids is 1. The molecule has 7 nitrogen and oxygen atoms in total. The van der Waals surface area contributed by atoms with Crippen LogP contribution in [-0.2, 0) is 0 Å². The summed E-state index contributed by atoms with van der Waals surface area (Å²) in [5.74, 6) is -0.532. The van der Waals surface area contributed by atoms with Gasteiger partial charge in [-0.05, 0) is 24.3 Å². The second kappa shape index (κ2) is 4.42. The summed E-state index contributed by atoms with van der Waals surface area (Å²) in [6.45, 7) is 0. The Hall–Kier alpha value is -2.74. The van der Waals surface area contributed by atoms with E-state index in [9.17, 15) is 14.9 Å². The van der Waals surface area contributed by atoms with Crippen molar-refractivity contribution in [2.24, 2.45) is 0 Å². The standard InChI is InChI=1S/C12H7N3O4S/c16-12(17)6-1-2-7-8(5-6)14-11(13-7)9-3-4-10(20-9)15(18)19/h1-5H,(H,13,14)(H,16,17). The van der Waals surface area contributed by atoms with Crippen LogP contribution in [0, 0.1) is 10.1 Å². The van der Waals surface area contributed by atoms with E-state index in [1.165, 1.54) is 18.2 Å². The van der Waals surface area contributed by atoms with Crippen molar-refractivity contribution in [3.63, 3.8) is 0 Å². The molecule has 1 aromatic carbocycles. The molecule has 0 saturated heterocycles. The van der Waals surface area contributed by atoms with E-state index in [2.05, 4.69) is 9.97 Å². The van der Waals surface area contributed by atoms with Crippen LogP contribution in [-0.4, -0.2) is 26.0 Å². The SMILES string of the molecule is O=C(O)c1ccc2nc(-c3ccc([N+](=O)[O-])s3)[nH]c2c1. The van der Waals surface area contributed by atoms with Crippen molar-refractivity contribution < 1.29 is 14.8 Å². The number of fused-ring (bicyclic) bond motifs is 1. The number of nitrogens with one attached hydrogen (secondary N) is 1. The van der Waals surface area contributed by atoms with E-state index < -0.39 is 10.9 Å². The average molecular weight is 289 g/mol. The summed E-state index contributed by atoms with van der Waals surface area (Å²) in [4.78, 5) is 29.0. The molecule has 8 heteroatoms. The van der Waals surface area contributed by atoms with Crippen LogP contribution < -0.4 is 0 Å². The van der Waals surface area contributed by atoms with Gasteiger partial charge in [0.15, 0.2) is 0 Å². The number of carboxylic acids is 1. The molecule has 3 rings (SSSR count). The van der Waals surface area contributed by atoms with Crippen LogP contribution in [0.4, 0.5) is 5.00 Å². The maximum atomic E-state index is 10.9. The van der Waals surface area contributed by atoms with Crippen LogP contribution in [0.25, 0.3) is 21.7 Å². The summed E-state index contributed by atoms with van der Waals surface area (Å²) in [6.07, 6.45) is 0. The molecule has 100 valence electrons. The van der Waals surface area contributed by atoms with E-state index in [1.807, 2.05) is 0 Å². The molecule has 0 spiro atoms. The number of nitro groups is 1. The molecule has 3 aromatic rings. The molecule has 0 radical (unpaired) electrons. The molecule has 0 amide bonds. The number of H-pyrrole nitrogens is 1. The van der Waals surface area contributed by atoms with Crippen LogP contribution in [0.2, 0.25) is 0 Å². The number of carboxylic acid groups (broad SMARTS) is 1. The number of benzene rings is 1. The zero-order valence-corrected chi connectivity index (χ0v) is 10.7. The summed E-state index contributed by atoms with van der Waals surface area (Å²) in [6, 6.07) is 7.57. The Labute approximate surface area is 115 Å². The Morgan fingerprint density at radius 3 is 2.80 bits per heavy atom. The van der Waals surface area contributed by atoms with Gasteiger partial charge in [-0.1, -0.05) is 11.3 Å². The van der Waals surface area contributed by atoms with Crippen LogP contribution in [0.15, 0.2) is 30.3 Å². The lowest BCUT2D eigenvalue weighted by Crippen LogP contribution is -1.94. The topological polar surface area (TPSA) is 109 Å². The van der Waals surface area contributed by atoms with E-state index in [-0.39, 0.29) is 10.6 Å². The van der Waals surface area contributed by atoms with Crippen molar-refractivity contribution in [2.75, 3.05) is 0 Å². The molecule has 2 aromatic heterocycles. The molecule has 0 aliphatic rings. The molecule has 2 N–H and O–H groups in total. The molecular formula is C12H7N3O4S. The van der Waals surface area contributed by atoms with Gasteiger partial charge in [-0.2, -0.15) is 0 Å². The lowest BCUT2D eigenvalue weighted by atomic mass is 10.2. The fraction of sp³-hybridized carbons (Fsp3) is 0. The molecule has 0 saturated carbocycles. The fourth-order valence-corrected chi connectivity index (χ4v) is 2.58. The largest absolute Gasteiger partial charge is 0.478 e. The number of carbonyl (C=O) groups is 1. The van der Waals surface area contributed by atoms with Gasteiger partial charge in [-0.3, -0.25) is 10.1 Å². The molecule has 20 heavy (non-hydrogen) atoms. The van der Waals surface area contributed by atoms with Gasteiger partial charge in [0, 0.05) is 6.07 Å². The van der Waals surface area contributed by atoms with Crippen LogP contribution in [0.1, 0.15) is 10.4 Å². The molecule has 0 aliphatic heterocycles. The monoisotopic (exact) mass is 289 g/mol. The highest BCUT2D eigenvalue weighted by Crippen LogP contribution is 2.32. The number of hydrogen-bond acceptors (Lipinski definition) is 5. The zero-order chi connectivity index (χ0) is 14.3. The van der Waals surface area contributed by atoms with Crippen molar-refractivity contribution in [1.82, 2.24) is 9.97 Å². The maximum absolute atomic E-state index is 10.9. The third-order valence-corrected chi connectivity index (χ3v) is 3.78. The predicted molar refractivity (Wildman–Crippen MR) is 73.0 cm³/mol. The predicted octanol–water partition coefficient (Wildman–Crippen LogP) is 2.90. The van der Waals surface area contributed by atoms with Gasteiger partial charge in [0.25, 0.3) is 0 Å². The molecule has 0 aliphatic carbocycles. The summed E-state index contributed by atoms with van der Waals surface area (Å²) in [5.41, 5.74) is 1.35. The molecule has 0 unspecified atom stereocenters. The number of nitrogens with zero attached hydrogens (tertiary/aromatic N) is 2. The smallest absolute Gasteiger partial charge is 0.335 e. The Balaban J connectivity index is 2.07. The molecule has 0 fully saturated rings. The van der Waals surface area contributed by atoms with Crippen molar-refractivity contribution in [3.8, 4) is 10.7 Å². The minimum absolute atomic E-state index is 0.0340. The summed E-state index contributed by atoms with van der Waals surface area (Å²) in [7, 11) is 0. The van der Waals surface area contributed by atoms with Crippen LogP contribution in [0.3, 0.4) is 0 Å². The van der Waals surface area contributed by atoms with Gasteiger partial charge < -0.3 is 10.1 Å². The van der Waals surface area contributed by atoms with Crippen molar-refractivity contribution >= 4 is 33.3 Å². The van der Waals surface area contributed by atoms with Crippen molar-refractivity contribution in [3.05, 3.63) is 46.0 Å². The maximum Gasteiger partial charge on any atom is 0.335 e. The first-order chi connectivity index (χ1) is 9.54. The minimum atomic E-state index is -1.02. The summed E-state index contributed by atoms with van der Waals surface area (Å²) in [5, 5.41) is 19.6. The van der Waals surface area contributed by atoms with Crippen molar-refractivity contribution in [1.29, 1.82) is 0 Å². The van der Waals surface area contributed by atoms with E-state index >= 15 is 0 Å². The van der Waals surface area contributed by atoms with Gasteiger partial charge in [-0.25, -0.2) is 9.78 Å². The lowest BCUT2D eigenvalue weighted by Gasteiger charge is -1.92. The van der Waals surface area contributed by atoms with E-state index in [4.69, 9.17) is 5.11 Å². The Bertz CT molecular complexity index is 836. The lowest BCUT2D eigenvalue weighted by molar-refractivity contribution is -0.380. The third-order valence-electron chi connectivity index (χ3n) is 2.73. The first-order valence-corrected chi connectivity index (χ1v) is 6.34. The molecule has 0 atom stereocenters. The highest BCUT2D eigenvalue weighted by molar-refractivity contribution is 7.18. The number of aromatic amines is 1. The highest BCUT2D eigenvalue weighted by atomic mass is 32.1.